The van der Waals surface area contributed by atoms with Gasteiger partial charge in [0.05, 0.1) is 21.1 Å². The molecule has 1 aromatic carbocycles. The lowest BCUT2D eigenvalue weighted by Gasteiger charge is -2.53. The lowest BCUT2D eigenvalue weighted by Crippen LogP contribution is -2.68. The Kier molecular flexibility index (Phi) is 7.87. The third kappa shape index (κ3) is 5.18. The molecule has 6 heterocycles. The summed E-state index contributed by atoms with van der Waals surface area (Å²) in [5.41, 5.74) is 3.68. The lowest BCUT2D eigenvalue weighted by molar-refractivity contribution is -0.0365. The number of ether oxygens (including phenoxy) is 2. The number of anilines is 1. The summed E-state index contributed by atoms with van der Waals surface area (Å²) in [4.78, 5) is 13.6. The number of nitriles is 1. The van der Waals surface area contributed by atoms with Crippen LogP contribution in [0.25, 0.3) is 22.2 Å². The quantitative estimate of drug-likeness (QED) is 0.212. The summed E-state index contributed by atoms with van der Waals surface area (Å²) in [6, 6.07) is 10.3. The van der Waals surface area contributed by atoms with Crippen molar-refractivity contribution < 1.29 is 9.47 Å². The zero-order valence-corrected chi connectivity index (χ0v) is 26.5. The van der Waals surface area contributed by atoms with Gasteiger partial charge in [0, 0.05) is 54.8 Å². The Morgan fingerprint density at radius 3 is 2.57 bits per heavy atom. The van der Waals surface area contributed by atoms with Gasteiger partial charge in [-0.2, -0.15) is 10.4 Å². The van der Waals surface area contributed by atoms with Crippen molar-refractivity contribution in [2.45, 2.75) is 63.8 Å². The number of benzene rings is 1. The first-order valence-electron chi connectivity index (χ1n) is 15.4. The number of fused-ring (bicyclic) bond motifs is 1. The van der Waals surface area contributed by atoms with Gasteiger partial charge < -0.3 is 14.4 Å². The summed E-state index contributed by atoms with van der Waals surface area (Å²) in [6.07, 6.45) is 9.80. The van der Waals surface area contributed by atoms with Crippen molar-refractivity contribution in [2.75, 3.05) is 37.7 Å². The van der Waals surface area contributed by atoms with Crippen molar-refractivity contribution in [2.24, 2.45) is 0 Å². The van der Waals surface area contributed by atoms with Gasteiger partial charge in [0.15, 0.2) is 6.23 Å². The van der Waals surface area contributed by atoms with Crippen LogP contribution < -0.4 is 9.64 Å². The third-order valence-electron chi connectivity index (χ3n) is 9.25. The first kappa shape index (κ1) is 29.3. The molecular formula is C33H35Cl2N7O2. The zero-order chi connectivity index (χ0) is 30.4. The Hall–Kier alpha value is -3.42. The number of hydrogen-bond acceptors (Lipinski definition) is 8. The van der Waals surface area contributed by atoms with Crippen LogP contribution in [0.4, 0.5) is 5.82 Å². The third-order valence-corrected chi connectivity index (χ3v) is 9.85. The van der Waals surface area contributed by atoms with Gasteiger partial charge >= 0.3 is 0 Å². The molecule has 4 aromatic rings. The minimum atomic E-state index is -0.422. The molecule has 3 aliphatic heterocycles. The van der Waals surface area contributed by atoms with Crippen LogP contribution in [0.5, 0.6) is 5.75 Å². The second-order valence-electron chi connectivity index (χ2n) is 12.3. The number of rotatable bonds is 7. The number of aromatic nitrogens is 4. The fraction of sp³-hybridized carbons (Fsp3) is 0.455. The van der Waals surface area contributed by atoms with E-state index in [1.165, 1.54) is 12.8 Å². The molecule has 0 bridgehead atoms. The number of likely N-dealkylation sites (tertiary alicyclic amines) is 1. The maximum Gasteiger partial charge on any atom is 0.150 e. The van der Waals surface area contributed by atoms with Gasteiger partial charge in [-0.05, 0) is 83.3 Å². The molecule has 3 saturated heterocycles. The maximum atomic E-state index is 10.5. The van der Waals surface area contributed by atoms with Crippen LogP contribution in [0.3, 0.4) is 0 Å². The highest BCUT2D eigenvalue weighted by Crippen LogP contribution is 2.41. The molecule has 1 unspecified atom stereocenters. The molecule has 228 valence electrons. The van der Waals surface area contributed by atoms with E-state index < -0.39 is 6.10 Å². The summed E-state index contributed by atoms with van der Waals surface area (Å²) >= 11 is 12.9. The highest BCUT2D eigenvalue weighted by Gasteiger charge is 2.45. The van der Waals surface area contributed by atoms with E-state index in [0.717, 1.165) is 61.9 Å². The van der Waals surface area contributed by atoms with Gasteiger partial charge in [0.25, 0.3) is 0 Å². The molecule has 44 heavy (non-hydrogen) atoms. The molecule has 3 fully saturated rings. The molecule has 0 aliphatic carbocycles. The van der Waals surface area contributed by atoms with Crippen LogP contribution in [0, 0.1) is 11.3 Å². The largest absolute Gasteiger partial charge is 0.486 e. The highest BCUT2D eigenvalue weighted by molar-refractivity contribution is 6.35. The van der Waals surface area contributed by atoms with Gasteiger partial charge in [0.1, 0.15) is 35.0 Å². The highest BCUT2D eigenvalue weighted by atomic mass is 35.5. The SMILES string of the molecule is C[C@@H](Oc1ccc2c(c1)c(-c1ccnc(N3CC(C)(N4CCCC4)C3)c1C#N)nn2C1CCCCO1)c1c(Cl)cncc1Cl. The van der Waals surface area contributed by atoms with E-state index in [1.807, 2.05) is 35.9 Å². The Labute approximate surface area is 267 Å². The van der Waals surface area contributed by atoms with E-state index in [4.69, 9.17) is 42.8 Å². The van der Waals surface area contributed by atoms with Crippen LogP contribution in [0.15, 0.2) is 42.9 Å². The van der Waals surface area contributed by atoms with Crippen LogP contribution >= 0.6 is 23.2 Å². The van der Waals surface area contributed by atoms with Crippen LogP contribution in [-0.2, 0) is 4.74 Å². The predicted octanol–water partition coefficient (Wildman–Crippen LogP) is 7.19. The number of pyridine rings is 2. The monoisotopic (exact) mass is 631 g/mol. The van der Waals surface area contributed by atoms with E-state index in [-0.39, 0.29) is 11.8 Å². The molecule has 3 aliphatic rings. The van der Waals surface area contributed by atoms with Gasteiger partial charge in [-0.3, -0.25) is 9.88 Å². The normalized spacial score (nSPS) is 20.8. The van der Waals surface area contributed by atoms with E-state index in [9.17, 15) is 5.26 Å². The van der Waals surface area contributed by atoms with Crippen molar-refractivity contribution in [3.05, 3.63) is 64.0 Å². The van der Waals surface area contributed by atoms with Crippen molar-refractivity contribution in [1.82, 2.24) is 24.6 Å². The van der Waals surface area contributed by atoms with Crippen LogP contribution in [-0.4, -0.2) is 63.0 Å². The minimum Gasteiger partial charge on any atom is -0.486 e. The lowest BCUT2D eigenvalue weighted by atomic mass is 9.89. The maximum absolute atomic E-state index is 10.5. The van der Waals surface area contributed by atoms with Gasteiger partial charge in [-0.1, -0.05) is 23.2 Å². The molecule has 11 heteroatoms. The molecule has 0 amide bonds. The van der Waals surface area contributed by atoms with Crippen molar-refractivity contribution in [1.29, 1.82) is 5.26 Å². The van der Waals surface area contributed by atoms with Crippen molar-refractivity contribution in [3.8, 4) is 23.1 Å². The summed E-state index contributed by atoms with van der Waals surface area (Å²) < 4.78 is 14.5. The Balaban J connectivity index is 1.28. The Bertz CT molecular complexity index is 1710. The van der Waals surface area contributed by atoms with Crippen molar-refractivity contribution >= 4 is 39.9 Å². The Morgan fingerprint density at radius 1 is 1.09 bits per heavy atom. The number of nitrogens with zero attached hydrogens (tertiary/aromatic N) is 7. The standard InChI is InChI=1S/C33H35Cl2N7O2/c1-21(30-26(34)17-37-18-27(30)35)44-22-8-9-28-24(15-22)31(39-42(28)29-7-3-6-14-43-29)23-10-11-38-32(25(23)16-36)40-19-33(2,20-40)41-12-4-5-13-41/h8-11,15,17-18,21,29H,3-7,12-14,19-20H2,1-2H3/t21-,29?/m1/s1. The summed E-state index contributed by atoms with van der Waals surface area (Å²) in [5, 5.41) is 17.4. The summed E-state index contributed by atoms with van der Waals surface area (Å²) in [7, 11) is 0. The van der Waals surface area contributed by atoms with Gasteiger partial charge in [0.2, 0.25) is 0 Å². The first-order chi connectivity index (χ1) is 21.4. The predicted molar refractivity (Wildman–Crippen MR) is 171 cm³/mol. The topological polar surface area (TPSA) is 92.3 Å². The molecular weight excluding hydrogens is 597 g/mol. The molecule has 2 atom stereocenters. The van der Waals surface area contributed by atoms with Crippen molar-refractivity contribution in [3.63, 3.8) is 0 Å². The number of halogens is 2. The second-order valence-corrected chi connectivity index (χ2v) is 13.1. The van der Waals surface area contributed by atoms with E-state index in [0.29, 0.717) is 45.0 Å². The van der Waals surface area contributed by atoms with Crippen LogP contribution in [0.2, 0.25) is 10.0 Å². The summed E-state index contributed by atoms with van der Waals surface area (Å²) in [6.45, 7) is 8.89. The second kappa shape index (κ2) is 11.8. The average Bonchev–Trinajstić information content (AvgIpc) is 3.69. The molecule has 0 saturated carbocycles. The molecule has 0 N–H and O–H groups in total. The molecule has 0 radical (unpaired) electrons. The molecule has 9 nitrogen and oxygen atoms in total. The fourth-order valence-electron chi connectivity index (χ4n) is 6.98. The van der Waals surface area contributed by atoms with Crippen LogP contribution in [0.1, 0.15) is 69.4 Å². The molecule has 7 rings (SSSR count). The minimum absolute atomic E-state index is 0.108. The fourth-order valence-corrected chi connectivity index (χ4v) is 7.65. The Morgan fingerprint density at radius 2 is 1.86 bits per heavy atom. The van der Waals surface area contributed by atoms with E-state index in [1.54, 1.807) is 18.6 Å². The van der Waals surface area contributed by atoms with Gasteiger partial charge in [-0.15, -0.1) is 0 Å². The van der Waals surface area contributed by atoms with E-state index in [2.05, 4.69) is 27.8 Å². The zero-order valence-electron chi connectivity index (χ0n) is 25.0. The molecule has 3 aromatic heterocycles. The first-order valence-corrected chi connectivity index (χ1v) is 16.1. The summed E-state index contributed by atoms with van der Waals surface area (Å²) in [5.74, 6) is 1.34. The smallest absolute Gasteiger partial charge is 0.150 e. The molecule has 0 spiro atoms. The van der Waals surface area contributed by atoms with E-state index >= 15 is 0 Å². The number of hydrogen-bond donors (Lipinski definition) is 0. The average molecular weight is 633 g/mol. The van der Waals surface area contributed by atoms with Gasteiger partial charge in [-0.25, -0.2) is 9.67 Å².